The summed E-state index contributed by atoms with van der Waals surface area (Å²) < 4.78 is 11.5. The molecule has 0 atom stereocenters. The summed E-state index contributed by atoms with van der Waals surface area (Å²) in [4.78, 5) is 23.8. The first-order valence-corrected chi connectivity index (χ1v) is 10.2. The second-order valence-electron chi connectivity index (χ2n) is 7.41. The Labute approximate surface area is 153 Å². The van der Waals surface area contributed by atoms with Gasteiger partial charge in [0.2, 0.25) is 5.91 Å². The van der Waals surface area contributed by atoms with Gasteiger partial charge in [0.05, 0.1) is 18.8 Å². The Morgan fingerprint density at radius 2 is 1.52 bits per heavy atom. The van der Waals surface area contributed by atoms with Crippen LogP contribution in [0.5, 0.6) is 0 Å². The van der Waals surface area contributed by atoms with Crippen LogP contribution in [-0.2, 0) is 19.1 Å². The summed E-state index contributed by atoms with van der Waals surface area (Å²) >= 11 is 0. The van der Waals surface area contributed by atoms with E-state index in [1.54, 1.807) is 0 Å². The molecule has 146 valence electrons. The Balaban J connectivity index is 0.00000338. The van der Waals surface area contributed by atoms with Crippen LogP contribution in [0.4, 0.5) is 0 Å². The molecule has 2 saturated carbocycles. The highest BCUT2D eigenvalue weighted by atomic mass is 16.5. The number of hydrogen-bond acceptors (Lipinski definition) is 4. The summed E-state index contributed by atoms with van der Waals surface area (Å²) in [5.74, 6) is 0.666. The number of ketones is 1. The molecule has 2 aliphatic rings. The number of rotatable bonds is 9. The maximum atomic E-state index is 12.1. The van der Waals surface area contributed by atoms with E-state index >= 15 is 0 Å². The Morgan fingerprint density at radius 3 is 2.08 bits per heavy atom. The Hall–Kier alpha value is -0.940. The first-order chi connectivity index (χ1) is 12.1. The van der Waals surface area contributed by atoms with E-state index in [-0.39, 0.29) is 25.4 Å². The van der Waals surface area contributed by atoms with Crippen LogP contribution < -0.4 is 5.32 Å². The van der Waals surface area contributed by atoms with E-state index in [1.165, 1.54) is 0 Å². The van der Waals surface area contributed by atoms with E-state index in [0.717, 1.165) is 58.0 Å². The van der Waals surface area contributed by atoms with Crippen molar-refractivity contribution >= 4 is 11.7 Å². The molecular formula is C20H37NO4. The van der Waals surface area contributed by atoms with Crippen molar-refractivity contribution in [1.82, 2.24) is 5.32 Å². The fraction of sp³-hybridized carbons (Fsp3) is 0.900. The van der Waals surface area contributed by atoms with Gasteiger partial charge in [-0.15, -0.1) is 0 Å². The molecular weight excluding hydrogens is 318 g/mol. The van der Waals surface area contributed by atoms with E-state index in [1.807, 2.05) is 13.8 Å². The molecule has 25 heavy (non-hydrogen) atoms. The quantitative estimate of drug-likeness (QED) is 0.686. The number of carbonyl (C=O) groups is 2. The van der Waals surface area contributed by atoms with Gasteiger partial charge < -0.3 is 14.8 Å². The van der Waals surface area contributed by atoms with Crippen molar-refractivity contribution in [1.29, 1.82) is 0 Å². The highest BCUT2D eigenvalue weighted by Crippen LogP contribution is 2.26. The molecule has 0 aromatic rings. The zero-order valence-electron chi connectivity index (χ0n) is 15.9. The Bertz CT molecular complexity index is 416. The van der Waals surface area contributed by atoms with Crippen molar-refractivity contribution < 1.29 is 20.5 Å². The average molecular weight is 356 g/mol. The molecule has 0 unspecified atom stereocenters. The van der Waals surface area contributed by atoms with E-state index in [2.05, 4.69) is 5.32 Å². The summed E-state index contributed by atoms with van der Waals surface area (Å²) in [5, 5.41) is 3.11. The molecule has 0 radical (unpaired) electrons. The fourth-order valence-corrected chi connectivity index (χ4v) is 4.07. The first kappa shape index (κ1) is 20.4. The van der Waals surface area contributed by atoms with Crippen LogP contribution in [0.15, 0.2) is 0 Å². The second-order valence-corrected chi connectivity index (χ2v) is 7.41. The fourth-order valence-electron chi connectivity index (χ4n) is 4.07. The van der Waals surface area contributed by atoms with Gasteiger partial charge in [0.1, 0.15) is 5.78 Å². The van der Waals surface area contributed by atoms with Crippen LogP contribution in [0.2, 0.25) is 0 Å². The Morgan fingerprint density at radius 1 is 0.920 bits per heavy atom. The smallest absolute Gasteiger partial charge is 0.222 e. The minimum absolute atomic E-state index is 0. The standard InChI is InChI=1S/C20H35NO4.H2/c1-3-19(22)15-5-7-16(8-6-15)21-20(23)13-14-25-18-11-9-17(10-12-18)24-4-2;/h15-18H,3-14H2,1-2H3,(H,21,23);1H. The molecule has 0 heterocycles. The number of nitrogens with one attached hydrogen (secondary N) is 1. The summed E-state index contributed by atoms with van der Waals surface area (Å²) in [6, 6.07) is 0.232. The van der Waals surface area contributed by atoms with Gasteiger partial charge in [0, 0.05) is 32.8 Å². The van der Waals surface area contributed by atoms with Crippen molar-refractivity contribution in [2.75, 3.05) is 13.2 Å². The topological polar surface area (TPSA) is 64.6 Å². The second kappa shape index (κ2) is 10.9. The van der Waals surface area contributed by atoms with Crippen molar-refractivity contribution in [2.45, 2.75) is 96.3 Å². The van der Waals surface area contributed by atoms with Crippen LogP contribution in [0.3, 0.4) is 0 Å². The molecule has 5 heteroatoms. The zero-order valence-corrected chi connectivity index (χ0v) is 15.9. The van der Waals surface area contributed by atoms with E-state index in [9.17, 15) is 9.59 Å². The molecule has 0 aromatic heterocycles. The third-order valence-corrected chi connectivity index (χ3v) is 5.60. The van der Waals surface area contributed by atoms with Gasteiger partial charge in [-0.3, -0.25) is 9.59 Å². The molecule has 1 amide bonds. The van der Waals surface area contributed by atoms with Crippen LogP contribution in [0, 0.1) is 5.92 Å². The average Bonchev–Trinajstić information content (AvgIpc) is 2.63. The van der Waals surface area contributed by atoms with Gasteiger partial charge in [-0.2, -0.15) is 0 Å². The number of ether oxygens (including phenoxy) is 2. The molecule has 0 aliphatic heterocycles. The van der Waals surface area contributed by atoms with Crippen molar-refractivity contribution in [3.8, 4) is 0 Å². The number of amides is 1. The lowest BCUT2D eigenvalue weighted by atomic mass is 9.83. The first-order valence-electron chi connectivity index (χ1n) is 10.2. The lowest BCUT2D eigenvalue weighted by molar-refractivity contribution is -0.124. The van der Waals surface area contributed by atoms with E-state index in [0.29, 0.717) is 31.3 Å². The molecule has 5 nitrogen and oxygen atoms in total. The summed E-state index contributed by atoms with van der Waals surface area (Å²) in [5.41, 5.74) is 0. The molecule has 0 bridgehead atoms. The Kier molecular flexibility index (Phi) is 8.90. The minimum atomic E-state index is 0. The number of hydrogen-bond donors (Lipinski definition) is 1. The SMILES string of the molecule is CCOC1CCC(OCCC(=O)NC2CCC(C(=O)CC)CC2)CC1.[HH]. The van der Waals surface area contributed by atoms with Crippen LogP contribution >= 0.6 is 0 Å². The van der Waals surface area contributed by atoms with Gasteiger partial charge in [-0.05, 0) is 58.3 Å². The number of Topliss-reactive ketones (excluding diaryl/α,β-unsaturated/α-hetero) is 1. The molecule has 0 spiro atoms. The molecule has 2 rings (SSSR count). The summed E-state index contributed by atoms with van der Waals surface area (Å²) in [6.45, 7) is 5.25. The van der Waals surface area contributed by atoms with Gasteiger partial charge in [0.25, 0.3) is 0 Å². The molecule has 0 saturated heterocycles. The molecule has 2 aliphatic carbocycles. The van der Waals surface area contributed by atoms with E-state index < -0.39 is 0 Å². The third-order valence-electron chi connectivity index (χ3n) is 5.60. The number of carbonyl (C=O) groups excluding carboxylic acids is 2. The molecule has 1 N–H and O–H groups in total. The minimum Gasteiger partial charge on any atom is -0.379 e. The summed E-state index contributed by atoms with van der Waals surface area (Å²) in [7, 11) is 0. The molecule has 0 aromatic carbocycles. The van der Waals surface area contributed by atoms with Gasteiger partial charge >= 0.3 is 0 Å². The predicted molar refractivity (Wildman–Crippen MR) is 99.5 cm³/mol. The van der Waals surface area contributed by atoms with Crippen molar-refractivity contribution in [3.05, 3.63) is 0 Å². The highest BCUT2D eigenvalue weighted by molar-refractivity contribution is 5.80. The summed E-state index contributed by atoms with van der Waals surface area (Å²) in [6.07, 6.45) is 9.58. The van der Waals surface area contributed by atoms with Crippen molar-refractivity contribution in [3.63, 3.8) is 0 Å². The molecule has 2 fully saturated rings. The zero-order chi connectivity index (χ0) is 18.1. The normalized spacial score (nSPS) is 30.0. The van der Waals surface area contributed by atoms with Crippen molar-refractivity contribution in [2.24, 2.45) is 5.92 Å². The largest absolute Gasteiger partial charge is 0.379 e. The lowest BCUT2D eigenvalue weighted by Gasteiger charge is -2.29. The third kappa shape index (κ3) is 7.06. The monoisotopic (exact) mass is 355 g/mol. The predicted octanol–water partition coefficient (Wildman–Crippen LogP) is 3.64. The van der Waals surface area contributed by atoms with Crippen LogP contribution in [0.25, 0.3) is 0 Å². The van der Waals surface area contributed by atoms with Crippen LogP contribution in [0.1, 0.15) is 79.5 Å². The highest BCUT2D eigenvalue weighted by Gasteiger charge is 2.26. The maximum absolute atomic E-state index is 12.1. The van der Waals surface area contributed by atoms with Gasteiger partial charge in [0.15, 0.2) is 0 Å². The van der Waals surface area contributed by atoms with Gasteiger partial charge in [-0.1, -0.05) is 6.92 Å². The lowest BCUT2D eigenvalue weighted by Crippen LogP contribution is -2.39. The van der Waals surface area contributed by atoms with E-state index in [4.69, 9.17) is 9.47 Å². The van der Waals surface area contributed by atoms with Gasteiger partial charge in [-0.25, -0.2) is 0 Å². The van der Waals surface area contributed by atoms with Crippen LogP contribution in [-0.4, -0.2) is 43.2 Å². The maximum Gasteiger partial charge on any atom is 0.222 e.